The van der Waals surface area contributed by atoms with Crippen LogP contribution in [0, 0.1) is 0 Å². The van der Waals surface area contributed by atoms with Crippen LogP contribution < -0.4 is 0 Å². The summed E-state index contributed by atoms with van der Waals surface area (Å²) in [5, 5.41) is 8.44. The van der Waals surface area contributed by atoms with Gasteiger partial charge in [-0.05, 0) is 41.7 Å². The number of rotatable bonds is 12. The lowest BCUT2D eigenvalue weighted by Crippen LogP contribution is -2.04. The Morgan fingerprint density at radius 2 is 1.55 bits per heavy atom. The highest BCUT2D eigenvalue weighted by atomic mass is 16.1. The van der Waals surface area contributed by atoms with Crippen LogP contribution in [0.5, 0.6) is 0 Å². The van der Waals surface area contributed by atoms with Crippen LogP contribution in [0.2, 0.25) is 0 Å². The fourth-order valence-corrected chi connectivity index (χ4v) is 4.06. The second-order valence-corrected chi connectivity index (χ2v) is 8.36. The minimum absolute atomic E-state index is 0.323. The van der Waals surface area contributed by atoms with E-state index in [0.717, 1.165) is 61.0 Å². The van der Waals surface area contributed by atoms with Gasteiger partial charge in [0.2, 0.25) is 0 Å². The van der Waals surface area contributed by atoms with E-state index in [1.807, 2.05) is 53.3 Å². The Labute approximate surface area is 195 Å². The van der Waals surface area contributed by atoms with Crippen molar-refractivity contribution in [2.24, 2.45) is 0 Å². The zero-order chi connectivity index (χ0) is 22.7. The lowest BCUT2D eigenvalue weighted by atomic mass is 9.95. The molecule has 168 valence electrons. The third-order valence-electron chi connectivity index (χ3n) is 5.83. The van der Waals surface area contributed by atoms with E-state index < -0.39 is 0 Å². The van der Waals surface area contributed by atoms with Crippen LogP contribution in [0.4, 0.5) is 0 Å². The summed E-state index contributed by atoms with van der Waals surface area (Å²) in [6.45, 7) is 0.864. The van der Waals surface area contributed by atoms with Crippen LogP contribution in [-0.4, -0.2) is 25.8 Å². The monoisotopic (exact) mass is 438 g/mol. The van der Waals surface area contributed by atoms with Gasteiger partial charge in [-0.1, -0.05) is 79.1 Å². The molecule has 0 spiro atoms. The largest absolute Gasteiger partial charge is 0.299 e. The van der Waals surface area contributed by atoms with Gasteiger partial charge < -0.3 is 0 Å². The number of nitrogens with zero attached hydrogens (tertiary/aromatic N) is 4. The summed E-state index contributed by atoms with van der Waals surface area (Å²) in [6.07, 6.45) is 12.1. The van der Waals surface area contributed by atoms with E-state index in [-0.39, 0.29) is 0 Å². The normalized spacial score (nSPS) is 10.9. The molecule has 5 nitrogen and oxygen atoms in total. The molecule has 0 fully saturated rings. The van der Waals surface area contributed by atoms with Crippen molar-refractivity contribution in [3.8, 4) is 22.4 Å². The van der Waals surface area contributed by atoms with E-state index >= 15 is 0 Å². The van der Waals surface area contributed by atoms with E-state index in [1.54, 1.807) is 12.4 Å². The highest BCUT2D eigenvalue weighted by molar-refractivity contribution is 5.83. The van der Waals surface area contributed by atoms with Crippen molar-refractivity contribution >= 4 is 5.78 Å². The van der Waals surface area contributed by atoms with Crippen molar-refractivity contribution in [3.05, 3.63) is 90.9 Å². The number of Topliss-reactive ketones (excluding diaryl/α,β-unsaturated/α-hetero) is 1. The zero-order valence-corrected chi connectivity index (χ0v) is 18.9. The van der Waals surface area contributed by atoms with Gasteiger partial charge in [-0.2, -0.15) is 0 Å². The van der Waals surface area contributed by atoms with Gasteiger partial charge in [0.1, 0.15) is 11.5 Å². The second-order valence-electron chi connectivity index (χ2n) is 8.36. The van der Waals surface area contributed by atoms with E-state index in [4.69, 9.17) is 0 Å². The predicted molar refractivity (Wildman–Crippen MR) is 132 cm³/mol. The van der Waals surface area contributed by atoms with E-state index in [0.29, 0.717) is 18.6 Å². The Morgan fingerprint density at radius 1 is 0.788 bits per heavy atom. The molecule has 0 atom stereocenters. The summed E-state index contributed by atoms with van der Waals surface area (Å²) >= 11 is 0. The van der Waals surface area contributed by atoms with Crippen LogP contribution in [-0.2, 0) is 17.8 Å². The fraction of sp³-hybridized carbons (Fsp3) is 0.286. The number of aryl methyl sites for hydroxylation is 1. The molecule has 2 aromatic carbocycles. The van der Waals surface area contributed by atoms with Gasteiger partial charge in [0.25, 0.3) is 0 Å². The van der Waals surface area contributed by atoms with Gasteiger partial charge in [-0.25, -0.2) is 0 Å². The maximum absolute atomic E-state index is 12.6. The Hall–Kier alpha value is -3.60. The van der Waals surface area contributed by atoms with Crippen LogP contribution in [0.1, 0.15) is 44.1 Å². The maximum atomic E-state index is 12.6. The highest BCUT2D eigenvalue weighted by Gasteiger charge is 2.09. The molecule has 33 heavy (non-hydrogen) atoms. The topological polar surface area (TPSA) is 60.7 Å². The van der Waals surface area contributed by atoms with Crippen LogP contribution >= 0.6 is 0 Å². The number of benzene rings is 2. The Kier molecular flexibility index (Phi) is 8.12. The lowest BCUT2D eigenvalue weighted by Gasteiger charge is -2.09. The summed E-state index contributed by atoms with van der Waals surface area (Å²) in [7, 11) is 0. The first kappa shape index (κ1) is 22.6. The van der Waals surface area contributed by atoms with Gasteiger partial charge >= 0.3 is 0 Å². The molecule has 0 N–H and O–H groups in total. The first-order valence-corrected chi connectivity index (χ1v) is 11.7. The van der Waals surface area contributed by atoms with Crippen LogP contribution in [0.15, 0.2) is 85.3 Å². The Morgan fingerprint density at radius 3 is 2.39 bits per heavy atom. The number of ketones is 1. The van der Waals surface area contributed by atoms with Crippen molar-refractivity contribution in [2.75, 3.05) is 0 Å². The molecule has 0 amide bonds. The molecule has 0 saturated carbocycles. The summed E-state index contributed by atoms with van der Waals surface area (Å²) < 4.78 is 1.90. The van der Waals surface area contributed by atoms with E-state index in [1.165, 1.54) is 5.56 Å². The molecule has 2 heterocycles. The third kappa shape index (κ3) is 6.69. The molecule has 0 aliphatic rings. The predicted octanol–water partition coefficient (Wildman–Crippen LogP) is 6.16. The zero-order valence-electron chi connectivity index (χ0n) is 18.9. The van der Waals surface area contributed by atoms with Crippen molar-refractivity contribution < 1.29 is 4.79 Å². The highest BCUT2D eigenvalue weighted by Crippen LogP contribution is 2.24. The molecule has 0 unspecified atom stereocenters. The van der Waals surface area contributed by atoms with Crippen LogP contribution in [0.3, 0.4) is 0 Å². The van der Waals surface area contributed by atoms with Crippen LogP contribution in [0.25, 0.3) is 22.4 Å². The smallest absolute Gasteiger partial charge is 0.137 e. The minimum atomic E-state index is 0.323. The minimum Gasteiger partial charge on any atom is -0.299 e. The van der Waals surface area contributed by atoms with Crippen molar-refractivity contribution in [1.29, 1.82) is 0 Å². The van der Waals surface area contributed by atoms with Gasteiger partial charge in [-0.3, -0.25) is 14.5 Å². The Bertz CT molecular complexity index is 1140. The molecule has 0 aliphatic heterocycles. The van der Waals surface area contributed by atoms with Gasteiger partial charge in [-0.15, -0.1) is 5.10 Å². The third-order valence-corrected chi connectivity index (χ3v) is 5.83. The number of hydrogen-bond donors (Lipinski definition) is 0. The average Bonchev–Trinajstić information content (AvgIpc) is 3.34. The molecule has 4 rings (SSSR count). The standard InChI is InChI=1S/C28H30N4O/c33-26(20-24-14-8-9-17-27(24)23-12-5-4-6-13-23)16-7-2-1-3-10-19-32-22-28(30-31-32)25-15-11-18-29-21-25/h4-6,8-9,11-15,17-18,21-22H,1-3,7,10,16,19-20H2. The molecule has 0 radical (unpaired) electrons. The van der Waals surface area contributed by atoms with Gasteiger partial charge in [0.05, 0.1) is 6.20 Å². The summed E-state index contributed by atoms with van der Waals surface area (Å²) in [5.74, 6) is 0.323. The van der Waals surface area contributed by atoms with Crippen molar-refractivity contribution in [1.82, 2.24) is 20.0 Å². The number of hydrogen-bond acceptors (Lipinski definition) is 4. The van der Waals surface area contributed by atoms with E-state index in [2.05, 4.69) is 39.6 Å². The summed E-state index contributed by atoms with van der Waals surface area (Å²) in [6, 6.07) is 22.4. The first-order chi connectivity index (χ1) is 16.3. The fourth-order valence-electron chi connectivity index (χ4n) is 4.06. The lowest BCUT2D eigenvalue weighted by molar-refractivity contribution is -0.118. The number of carbonyl (C=O) groups is 1. The van der Waals surface area contributed by atoms with Crippen molar-refractivity contribution in [3.63, 3.8) is 0 Å². The van der Waals surface area contributed by atoms with E-state index in [9.17, 15) is 4.79 Å². The maximum Gasteiger partial charge on any atom is 0.137 e. The Balaban J connectivity index is 1.13. The average molecular weight is 439 g/mol. The first-order valence-electron chi connectivity index (χ1n) is 11.7. The molecule has 2 aromatic heterocycles. The van der Waals surface area contributed by atoms with Gasteiger partial charge in [0.15, 0.2) is 0 Å². The number of pyridine rings is 1. The quantitative estimate of drug-likeness (QED) is 0.249. The molecular formula is C28H30N4O. The molecule has 0 bridgehead atoms. The number of unbranched alkanes of at least 4 members (excludes halogenated alkanes) is 4. The molecule has 4 aromatic rings. The van der Waals surface area contributed by atoms with Crippen molar-refractivity contribution in [2.45, 2.75) is 51.5 Å². The van der Waals surface area contributed by atoms with Gasteiger partial charge in [0, 0.05) is 37.3 Å². The summed E-state index contributed by atoms with van der Waals surface area (Å²) in [4.78, 5) is 16.7. The second kappa shape index (κ2) is 11.9. The molecule has 0 saturated heterocycles. The number of carbonyl (C=O) groups excluding carboxylic acids is 1. The molecular weight excluding hydrogens is 408 g/mol. The SMILES string of the molecule is O=C(CCCCCCCn1cc(-c2cccnc2)nn1)Cc1ccccc1-c1ccccc1. The summed E-state index contributed by atoms with van der Waals surface area (Å²) in [5.41, 5.74) is 5.29. The molecule has 0 aliphatic carbocycles. The number of aromatic nitrogens is 4. The molecule has 5 heteroatoms.